The van der Waals surface area contributed by atoms with Gasteiger partial charge >= 0.3 is 6.03 Å². The summed E-state index contributed by atoms with van der Waals surface area (Å²) < 4.78 is 0. The van der Waals surface area contributed by atoms with E-state index >= 15 is 0 Å². The van der Waals surface area contributed by atoms with E-state index in [1.54, 1.807) is 0 Å². The van der Waals surface area contributed by atoms with Crippen LogP contribution >= 0.6 is 0 Å². The van der Waals surface area contributed by atoms with E-state index in [9.17, 15) is 9.59 Å². The van der Waals surface area contributed by atoms with Crippen molar-refractivity contribution in [1.82, 2.24) is 15.5 Å². The smallest absolute Gasteiger partial charge is 0.321 e. The van der Waals surface area contributed by atoms with Crippen LogP contribution in [0.25, 0.3) is 0 Å². The van der Waals surface area contributed by atoms with Crippen LogP contribution in [-0.2, 0) is 4.79 Å². The average molecular weight is 241 g/mol. The standard InChI is InChI=1S/C12H23N3O2/c1-4-13-12(17)14-11(16)8-15-7-5-6-10(15)9(2)3/h9-10H,4-8H2,1-3H3,(H2,13,14,16,17). The molecule has 1 atom stereocenters. The molecular weight excluding hydrogens is 218 g/mol. The third kappa shape index (κ3) is 4.34. The molecule has 0 aromatic carbocycles. The SMILES string of the molecule is CCNC(=O)NC(=O)CN1CCCC1C(C)C. The van der Waals surface area contributed by atoms with Crippen molar-refractivity contribution in [1.29, 1.82) is 0 Å². The van der Waals surface area contributed by atoms with E-state index in [0.717, 1.165) is 19.4 Å². The fraction of sp³-hybridized carbons (Fsp3) is 0.833. The molecule has 1 fully saturated rings. The highest BCUT2D eigenvalue weighted by molar-refractivity contribution is 5.95. The second-order valence-electron chi connectivity index (χ2n) is 4.83. The van der Waals surface area contributed by atoms with Crippen LogP contribution in [0.1, 0.15) is 33.6 Å². The molecule has 0 aromatic rings. The highest BCUT2D eigenvalue weighted by Gasteiger charge is 2.28. The Bertz CT molecular complexity index is 279. The molecule has 0 aromatic heterocycles. The zero-order valence-electron chi connectivity index (χ0n) is 11.0. The van der Waals surface area contributed by atoms with Crippen molar-refractivity contribution >= 4 is 11.9 Å². The topological polar surface area (TPSA) is 61.4 Å². The van der Waals surface area contributed by atoms with Crippen LogP contribution in [0.3, 0.4) is 0 Å². The molecule has 98 valence electrons. The van der Waals surface area contributed by atoms with Gasteiger partial charge in [0.2, 0.25) is 5.91 Å². The van der Waals surface area contributed by atoms with Crippen molar-refractivity contribution in [2.75, 3.05) is 19.6 Å². The predicted octanol–water partition coefficient (Wildman–Crippen LogP) is 0.952. The zero-order valence-corrected chi connectivity index (χ0v) is 11.0. The number of hydrogen-bond acceptors (Lipinski definition) is 3. The average Bonchev–Trinajstić information content (AvgIpc) is 2.65. The van der Waals surface area contributed by atoms with Crippen molar-refractivity contribution in [3.05, 3.63) is 0 Å². The Morgan fingerprint density at radius 2 is 2.12 bits per heavy atom. The predicted molar refractivity (Wildman–Crippen MR) is 66.6 cm³/mol. The minimum atomic E-state index is -0.405. The van der Waals surface area contributed by atoms with Gasteiger partial charge in [-0.3, -0.25) is 15.0 Å². The molecule has 5 heteroatoms. The lowest BCUT2D eigenvalue weighted by Crippen LogP contribution is -2.46. The number of hydrogen-bond donors (Lipinski definition) is 2. The van der Waals surface area contributed by atoms with Crippen LogP contribution in [0, 0.1) is 5.92 Å². The summed E-state index contributed by atoms with van der Waals surface area (Å²) >= 11 is 0. The molecule has 1 unspecified atom stereocenters. The quantitative estimate of drug-likeness (QED) is 0.770. The van der Waals surface area contributed by atoms with Crippen molar-refractivity contribution in [3.8, 4) is 0 Å². The largest absolute Gasteiger partial charge is 0.338 e. The van der Waals surface area contributed by atoms with Gasteiger partial charge in [0, 0.05) is 12.6 Å². The van der Waals surface area contributed by atoms with E-state index in [0.29, 0.717) is 25.0 Å². The molecule has 1 aliphatic heterocycles. The molecule has 5 nitrogen and oxygen atoms in total. The fourth-order valence-electron chi connectivity index (χ4n) is 2.36. The summed E-state index contributed by atoms with van der Waals surface area (Å²) in [5.74, 6) is 0.332. The summed E-state index contributed by atoms with van der Waals surface area (Å²) in [7, 11) is 0. The van der Waals surface area contributed by atoms with Gasteiger partial charge in [-0.05, 0) is 32.2 Å². The third-order valence-corrected chi connectivity index (χ3v) is 3.12. The number of nitrogens with one attached hydrogen (secondary N) is 2. The molecule has 1 rings (SSSR count). The van der Waals surface area contributed by atoms with Crippen LogP contribution in [0.2, 0.25) is 0 Å². The molecule has 0 aliphatic carbocycles. The third-order valence-electron chi connectivity index (χ3n) is 3.12. The Kier molecular flexibility index (Phi) is 5.41. The molecule has 1 aliphatic rings. The normalized spacial score (nSPS) is 20.6. The number of urea groups is 1. The van der Waals surface area contributed by atoms with Crippen LogP contribution in [0.4, 0.5) is 4.79 Å². The fourth-order valence-corrected chi connectivity index (χ4v) is 2.36. The maximum atomic E-state index is 11.6. The molecule has 1 heterocycles. The van der Waals surface area contributed by atoms with Gasteiger partial charge in [0.05, 0.1) is 6.54 Å². The van der Waals surface area contributed by atoms with Gasteiger partial charge in [0.25, 0.3) is 0 Å². The number of nitrogens with zero attached hydrogens (tertiary/aromatic N) is 1. The van der Waals surface area contributed by atoms with E-state index in [1.807, 2.05) is 6.92 Å². The summed E-state index contributed by atoms with van der Waals surface area (Å²) in [5, 5.41) is 4.88. The Morgan fingerprint density at radius 3 is 2.71 bits per heavy atom. The molecular formula is C12H23N3O2. The summed E-state index contributed by atoms with van der Waals surface area (Å²) in [6, 6.07) is 0.0628. The molecule has 0 radical (unpaired) electrons. The zero-order chi connectivity index (χ0) is 12.8. The minimum Gasteiger partial charge on any atom is -0.338 e. The van der Waals surface area contributed by atoms with Gasteiger partial charge in [-0.2, -0.15) is 0 Å². The summed E-state index contributed by atoms with van der Waals surface area (Å²) in [4.78, 5) is 25.0. The van der Waals surface area contributed by atoms with Crippen LogP contribution in [-0.4, -0.2) is 42.5 Å². The minimum absolute atomic E-state index is 0.219. The van der Waals surface area contributed by atoms with Gasteiger partial charge < -0.3 is 5.32 Å². The van der Waals surface area contributed by atoms with E-state index in [2.05, 4.69) is 29.4 Å². The molecule has 17 heavy (non-hydrogen) atoms. The van der Waals surface area contributed by atoms with Crippen molar-refractivity contribution in [3.63, 3.8) is 0 Å². The summed E-state index contributed by atoms with van der Waals surface area (Å²) in [5.41, 5.74) is 0. The van der Waals surface area contributed by atoms with E-state index in [4.69, 9.17) is 0 Å². The first-order valence-electron chi connectivity index (χ1n) is 6.36. The second kappa shape index (κ2) is 6.59. The number of rotatable bonds is 4. The van der Waals surface area contributed by atoms with Gasteiger partial charge in [-0.15, -0.1) is 0 Å². The Morgan fingerprint density at radius 1 is 1.41 bits per heavy atom. The van der Waals surface area contributed by atoms with E-state index in [1.165, 1.54) is 0 Å². The molecule has 0 spiro atoms. The van der Waals surface area contributed by atoms with Gasteiger partial charge in [0.1, 0.15) is 0 Å². The summed E-state index contributed by atoms with van der Waals surface area (Å²) in [6.45, 7) is 7.96. The first-order valence-corrected chi connectivity index (χ1v) is 6.36. The number of carbonyl (C=O) groups excluding carboxylic acids is 2. The highest BCUT2D eigenvalue weighted by Crippen LogP contribution is 2.22. The Balaban J connectivity index is 2.37. The van der Waals surface area contributed by atoms with Gasteiger partial charge in [0.15, 0.2) is 0 Å². The van der Waals surface area contributed by atoms with Crippen molar-refractivity contribution in [2.24, 2.45) is 5.92 Å². The van der Waals surface area contributed by atoms with E-state index < -0.39 is 6.03 Å². The highest BCUT2D eigenvalue weighted by atomic mass is 16.2. The number of carbonyl (C=O) groups is 2. The summed E-state index contributed by atoms with van der Waals surface area (Å²) in [6.07, 6.45) is 2.28. The number of imide groups is 1. The monoisotopic (exact) mass is 241 g/mol. The number of likely N-dealkylation sites (tertiary alicyclic amines) is 1. The molecule has 2 N–H and O–H groups in total. The van der Waals surface area contributed by atoms with Crippen LogP contribution < -0.4 is 10.6 Å². The molecule has 1 saturated heterocycles. The second-order valence-corrected chi connectivity index (χ2v) is 4.83. The molecule has 0 bridgehead atoms. The van der Waals surface area contributed by atoms with E-state index in [-0.39, 0.29) is 5.91 Å². The number of amides is 3. The lowest BCUT2D eigenvalue weighted by atomic mass is 10.0. The lowest BCUT2D eigenvalue weighted by molar-refractivity contribution is -0.121. The Labute approximate surface area is 103 Å². The van der Waals surface area contributed by atoms with Gasteiger partial charge in [-0.1, -0.05) is 13.8 Å². The van der Waals surface area contributed by atoms with Crippen molar-refractivity contribution < 1.29 is 9.59 Å². The lowest BCUT2D eigenvalue weighted by Gasteiger charge is -2.26. The van der Waals surface area contributed by atoms with Crippen LogP contribution in [0.15, 0.2) is 0 Å². The van der Waals surface area contributed by atoms with Gasteiger partial charge in [-0.25, -0.2) is 4.79 Å². The maximum absolute atomic E-state index is 11.6. The van der Waals surface area contributed by atoms with Crippen molar-refractivity contribution in [2.45, 2.75) is 39.7 Å². The maximum Gasteiger partial charge on any atom is 0.321 e. The Hall–Kier alpha value is -1.10. The first kappa shape index (κ1) is 14.0. The molecule has 3 amide bonds. The molecule has 0 saturated carbocycles. The first-order chi connectivity index (χ1) is 8.04. The van der Waals surface area contributed by atoms with Crippen LogP contribution in [0.5, 0.6) is 0 Å².